The minimum Gasteiger partial charge on any atom is -0.396 e. The van der Waals surface area contributed by atoms with Gasteiger partial charge in [-0.3, -0.25) is 4.90 Å². The molecule has 3 nitrogen and oxygen atoms in total. The smallest absolute Gasteiger partial charge is 0.0460 e. The van der Waals surface area contributed by atoms with Crippen LogP contribution < -0.4 is 5.32 Å². The molecule has 1 unspecified atom stereocenters. The third-order valence-corrected chi connectivity index (χ3v) is 4.67. The van der Waals surface area contributed by atoms with Crippen LogP contribution in [-0.2, 0) is 6.54 Å². The zero-order valence-electron chi connectivity index (χ0n) is 11.5. The third-order valence-electron chi connectivity index (χ3n) is 4.67. The maximum absolute atomic E-state index is 9.26. The zero-order valence-corrected chi connectivity index (χ0v) is 11.5. The number of aliphatic hydroxyl groups excluding tert-OH is 1. The van der Waals surface area contributed by atoms with Crippen molar-refractivity contribution in [1.29, 1.82) is 0 Å². The van der Waals surface area contributed by atoms with Crippen LogP contribution in [0.2, 0.25) is 0 Å². The average Bonchev–Trinajstić information content (AvgIpc) is 2.70. The van der Waals surface area contributed by atoms with Gasteiger partial charge in [-0.25, -0.2) is 0 Å². The summed E-state index contributed by atoms with van der Waals surface area (Å²) in [5, 5.41) is 12.8. The van der Waals surface area contributed by atoms with Gasteiger partial charge in [0.25, 0.3) is 0 Å². The third kappa shape index (κ3) is 2.83. The molecule has 1 aromatic carbocycles. The maximum atomic E-state index is 9.26. The van der Waals surface area contributed by atoms with Gasteiger partial charge in [0.15, 0.2) is 0 Å². The molecule has 1 atom stereocenters. The van der Waals surface area contributed by atoms with Crippen LogP contribution in [0.1, 0.15) is 36.4 Å². The van der Waals surface area contributed by atoms with Crippen LogP contribution in [0.25, 0.3) is 0 Å². The van der Waals surface area contributed by atoms with Crippen molar-refractivity contribution in [1.82, 2.24) is 10.2 Å². The second kappa shape index (κ2) is 6.04. The summed E-state index contributed by atoms with van der Waals surface area (Å²) in [6.07, 6.45) is 3.48. The Labute approximate surface area is 115 Å². The lowest BCUT2D eigenvalue weighted by atomic mass is 9.92. The van der Waals surface area contributed by atoms with Crippen LogP contribution in [0, 0.1) is 5.92 Å². The molecule has 19 heavy (non-hydrogen) atoms. The lowest BCUT2D eigenvalue weighted by Gasteiger charge is -2.37. The Morgan fingerprint density at radius 1 is 1.16 bits per heavy atom. The fourth-order valence-electron chi connectivity index (χ4n) is 3.46. The van der Waals surface area contributed by atoms with Crippen molar-refractivity contribution in [2.45, 2.75) is 31.8 Å². The molecule has 0 aromatic heterocycles. The minimum atomic E-state index is 0.358. The van der Waals surface area contributed by atoms with Gasteiger partial charge in [0.05, 0.1) is 0 Å². The monoisotopic (exact) mass is 260 g/mol. The first kappa shape index (κ1) is 13.1. The summed E-state index contributed by atoms with van der Waals surface area (Å²) in [4.78, 5) is 2.62. The molecule has 1 saturated heterocycles. The summed E-state index contributed by atoms with van der Waals surface area (Å²) in [7, 11) is 0. The summed E-state index contributed by atoms with van der Waals surface area (Å²) in [5.74, 6) is 0.524. The first-order chi connectivity index (χ1) is 9.38. The lowest BCUT2D eigenvalue weighted by molar-refractivity contribution is 0.0971. The number of hydrogen-bond donors (Lipinski definition) is 2. The molecule has 0 aliphatic carbocycles. The van der Waals surface area contributed by atoms with E-state index in [1.807, 2.05) is 0 Å². The van der Waals surface area contributed by atoms with E-state index in [9.17, 15) is 5.11 Å². The Hall–Kier alpha value is -0.900. The van der Waals surface area contributed by atoms with Crippen molar-refractivity contribution in [2.24, 2.45) is 5.92 Å². The molecule has 0 radical (unpaired) electrons. The number of rotatable bonds is 2. The molecule has 104 valence electrons. The SMILES string of the molecule is OCC1CCN(C2CCNCc3ccccc32)CC1. The van der Waals surface area contributed by atoms with E-state index in [4.69, 9.17) is 0 Å². The summed E-state index contributed by atoms with van der Waals surface area (Å²) >= 11 is 0. The highest BCUT2D eigenvalue weighted by atomic mass is 16.3. The summed E-state index contributed by atoms with van der Waals surface area (Å²) < 4.78 is 0. The standard InChI is InChI=1S/C16H24N2O/c19-12-13-6-9-18(10-7-13)16-5-8-17-11-14-3-1-2-4-15(14)16/h1-4,13,16-17,19H,5-12H2. The fraction of sp³-hybridized carbons (Fsp3) is 0.625. The van der Waals surface area contributed by atoms with Crippen molar-refractivity contribution >= 4 is 0 Å². The van der Waals surface area contributed by atoms with Gasteiger partial charge in [-0.2, -0.15) is 0 Å². The molecule has 2 aliphatic rings. The molecule has 2 heterocycles. The maximum Gasteiger partial charge on any atom is 0.0460 e. The molecule has 0 amide bonds. The van der Waals surface area contributed by atoms with E-state index >= 15 is 0 Å². The van der Waals surface area contributed by atoms with Gasteiger partial charge in [0.2, 0.25) is 0 Å². The first-order valence-corrected chi connectivity index (χ1v) is 7.52. The van der Waals surface area contributed by atoms with E-state index in [0.29, 0.717) is 18.6 Å². The predicted molar refractivity (Wildman–Crippen MR) is 76.9 cm³/mol. The van der Waals surface area contributed by atoms with Crippen LogP contribution in [0.5, 0.6) is 0 Å². The number of benzene rings is 1. The Morgan fingerprint density at radius 3 is 2.74 bits per heavy atom. The molecule has 2 aliphatic heterocycles. The van der Waals surface area contributed by atoms with Gasteiger partial charge < -0.3 is 10.4 Å². The van der Waals surface area contributed by atoms with Gasteiger partial charge in [0.1, 0.15) is 0 Å². The number of aliphatic hydroxyl groups is 1. The molecule has 1 aromatic rings. The van der Waals surface area contributed by atoms with Crippen molar-refractivity contribution in [2.75, 3.05) is 26.2 Å². The van der Waals surface area contributed by atoms with Crippen molar-refractivity contribution in [3.8, 4) is 0 Å². The molecule has 0 saturated carbocycles. The molecule has 1 fully saturated rings. The topological polar surface area (TPSA) is 35.5 Å². The number of hydrogen-bond acceptors (Lipinski definition) is 3. The largest absolute Gasteiger partial charge is 0.396 e. The zero-order chi connectivity index (χ0) is 13.1. The van der Waals surface area contributed by atoms with E-state index in [-0.39, 0.29) is 0 Å². The Balaban J connectivity index is 1.77. The van der Waals surface area contributed by atoms with Crippen LogP contribution in [0.3, 0.4) is 0 Å². The first-order valence-electron chi connectivity index (χ1n) is 7.52. The number of likely N-dealkylation sites (tertiary alicyclic amines) is 1. The number of piperidine rings is 1. The van der Waals surface area contributed by atoms with Crippen molar-refractivity contribution in [3.05, 3.63) is 35.4 Å². The van der Waals surface area contributed by atoms with E-state index in [1.54, 1.807) is 0 Å². The van der Waals surface area contributed by atoms with Gasteiger partial charge in [-0.1, -0.05) is 24.3 Å². The summed E-state index contributed by atoms with van der Waals surface area (Å²) in [6, 6.07) is 9.41. The highest BCUT2D eigenvalue weighted by Gasteiger charge is 2.27. The van der Waals surface area contributed by atoms with E-state index in [1.165, 1.54) is 17.5 Å². The van der Waals surface area contributed by atoms with Gasteiger partial charge in [-0.05, 0) is 55.9 Å². The van der Waals surface area contributed by atoms with E-state index in [0.717, 1.165) is 39.0 Å². The molecular formula is C16H24N2O. The molecule has 3 heteroatoms. The summed E-state index contributed by atoms with van der Waals surface area (Å²) in [6.45, 7) is 4.71. The van der Waals surface area contributed by atoms with Crippen molar-refractivity contribution in [3.63, 3.8) is 0 Å². The highest BCUT2D eigenvalue weighted by molar-refractivity contribution is 5.31. The van der Waals surface area contributed by atoms with Gasteiger partial charge in [-0.15, -0.1) is 0 Å². The second-order valence-corrected chi connectivity index (χ2v) is 5.84. The van der Waals surface area contributed by atoms with Crippen LogP contribution in [0.4, 0.5) is 0 Å². The van der Waals surface area contributed by atoms with Crippen molar-refractivity contribution < 1.29 is 5.11 Å². The average molecular weight is 260 g/mol. The van der Waals surface area contributed by atoms with E-state index in [2.05, 4.69) is 34.5 Å². The molecular weight excluding hydrogens is 236 g/mol. The fourth-order valence-corrected chi connectivity index (χ4v) is 3.46. The number of nitrogens with one attached hydrogen (secondary N) is 1. The van der Waals surface area contributed by atoms with E-state index < -0.39 is 0 Å². The Bertz CT molecular complexity index is 413. The Morgan fingerprint density at radius 2 is 1.95 bits per heavy atom. The number of nitrogens with zero attached hydrogens (tertiary/aromatic N) is 1. The summed E-state index contributed by atoms with van der Waals surface area (Å²) in [5.41, 5.74) is 2.96. The quantitative estimate of drug-likeness (QED) is 0.853. The van der Waals surface area contributed by atoms with Crippen LogP contribution in [0.15, 0.2) is 24.3 Å². The second-order valence-electron chi connectivity index (χ2n) is 5.84. The predicted octanol–water partition coefficient (Wildman–Crippen LogP) is 1.93. The van der Waals surface area contributed by atoms with Gasteiger partial charge in [0, 0.05) is 19.2 Å². The Kier molecular flexibility index (Phi) is 4.16. The molecule has 0 spiro atoms. The number of fused-ring (bicyclic) bond motifs is 1. The highest BCUT2D eigenvalue weighted by Crippen LogP contribution is 2.32. The van der Waals surface area contributed by atoms with Crippen LogP contribution >= 0.6 is 0 Å². The van der Waals surface area contributed by atoms with Crippen LogP contribution in [-0.4, -0.2) is 36.2 Å². The molecule has 2 N–H and O–H groups in total. The minimum absolute atomic E-state index is 0.358. The lowest BCUT2D eigenvalue weighted by Crippen LogP contribution is -2.38. The molecule has 3 rings (SSSR count). The molecule has 0 bridgehead atoms. The van der Waals surface area contributed by atoms with Gasteiger partial charge >= 0.3 is 0 Å². The normalized spacial score (nSPS) is 25.8.